The minimum atomic E-state index is 0.160. The molecule has 0 radical (unpaired) electrons. The standard InChI is InChI=1S/C18H23N3O2/c1-13-9-14(10-19)12-21(13)18(22)8-7-17-20-11-16(23-17)15-5-3-2-4-6-15/h2-6,11,13-14H,7-10,12,19H2,1H3. The molecule has 1 fully saturated rings. The van der Waals surface area contributed by atoms with Gasteiger partial charge in [-0.15, -0.1) is 0 Å². The van der Waals surface area contributed by atoms with Crippen LogP contribution in [0.4, 0.5) is 0 Å². The van der Waals surface area contributed by atoms with E-state index in [1.54, 1.807) is 6.20 Å². The average Bonchev–Trinajstić information content (AvgIpc) is 3.20. The van der Waals surface area contributed by atoms with Crippen molar-refractivity contribution in [1.29, 1.82) is 0 Å². The molecule has 2 unspecified atom stereocenters. The van der Waals surface area contributed by atoms with Crippen molar-refractivity contribution in [3.63, 3.8) is 0 Å². The summed E-state index contributed by atoms with van der Waals surface area (Å²) in [5.41, 5.74) is 6.72. The SMILES string of the molecule is CC1CC(CN)CN1C(=O)CCc1ncc(-c2ccccc2)o1. The Labute approximate surface area is 136 Å². The number of aromatic nitrogens is 1. The smallest absolute Gasteiger partial charge is 0.223 e. The monoisotopic (exact) mass is 313 g/mol. The van der Waals surface area contributed by atoms with Crippen LogP contribution in [0, 0.1) is 5.92 Å². The number of nitrogens with zero attached hydrogens (tertiary/aromatic N) is 2. The predicted octanol–water partition coefficient (Wildman–Crippen LogP) is 2.47. The van der Waals surface area contributed by atoms with E-state index in [1.807, 2.05) is 35.2 Å². The van der Waals surface area contributed by atoms with Crippen LogP contribution < -0.4 is 5.73 Å². The maximum absolute atomic E-state index is 12.4. The summed E-state index contributed by atoms with van der Waals surface area (Å²) in [4.78, 5) is 18.6. The van der Waals surface area contributed by atoms with Crippen LogP contribution >= 0.6 is 0 Å². The quantitative estimate of drug-likeness (QED) is 0.920. The first-order valence-electron chi connectivity index (χ1n) is 8.17. The third kappa shape index (κ3) is 3.62. The van der Waals surface area contributed by atoms with Gasteiger partial charge in [0.05, 0.1) is 6.20 Å². The first kappa shape index (κ1) is 15.7. The van der Waals surface area contributed by atoms with E-state index in [0.717, 1.165) is 24.3 Å². The Hall–Kier alpha value is -2.14. The molecule has 2 aromatic rings. The van der Waals surface area contributed by atoms with Crippen molar-refractivity contribution in [1.82, 2.24) is 9.88 Å². The van der Waals surface area contributed by atoms with Gasteiger partial charge in [0, 0.05) is 31.0 Å². The number of likely N-dealkylation sites (tertiary alicyclic amines) is 1. The van der Waals surface area contributed by atoms with Gasteiger partial charge in [0.1, 0.15) is 0 Å². The minimum Gasteiger partial charge on any atom is -0.441 e. The summed E-state index contributed by atoms with van der Waals surface area (Å²) in [7, 11) is 0. The number of aryl methyl sites for hydroxylation is 1. The Morgan fingerprint density at radius 3 is 2.87 bits per heavy atom. The van der Waals surface area contributed by atoms with E-state index in [4.69, 9.17) is 10.2 Å². The molecule has 2 heterocycles. The van der Waals surface area contributed by atoms with Crippen LogP contribution in [-0.4, -0.2) is 34.9 Å². The molecular weight excluding hydrogens is 290 g/mol. The minimum absolute atomic E-state index is 0.160. The van der Waals surface area contributed by atoms with Crippen molar-refractivity contribution in [2.24, 2.45) is 11.7 Å². The summed E-state index contributed by atoms with van der Waals surface area (Å²) >= 11 is 0. The number of oxazole rings is 1. The summed E-state index contributed by atoms with van der Waals surface area (Å²) in [6, 6.07) is 10.1. The van der Waals surface area contributed by atoms with Crippen LogP contribution in [0.5, 0.6) is 0 Å². The average molecular weight is 313 g/mol. The van der Waals surface area contributed by atoms with Crippen LogP contribution in [0.25, 0.3) is 11.3 Å². The van der Waals surface area contributed by atoms with Gasteiger partial charge >= 0.3 is 0 Å². The summed E-state index contributed by atoms with van der Waals surface area (Å²) in [5.74, 6) is 1.94. The fraction of sp³-hybridized carbons (Fsp3) is 0.444. The van der Waals surface area contributed by atoms with E-state index < -0.39 is 0 Å². The van der Waals surface area contributed by atoms with Gasteiger partial charge in [0.15, 0.2) is 11.7 Å². The lowest BCUT2D eigenvalue weighted by Crippen LogP contribution is -2.34. The zero-order valence-electron chi connectivity index (χ0n) is 13.4. The Balaban J connectivity index is 1.57. The van der Waals surface area contributed by atoms with Crippen molar-refractivity contribution in [2.75, 3.05) is 13.1 Å². The van der Waals surface area contributed by atoms with Gasteiger partial charge in [0.2, 0.25) is 5.91 Å². The molecule has 3 rings (SSSR count). The lowest BCUT2D eigenvalue weighted by Gasteiger charge is -2.21. The third-order valence-electron chi connectivity index (χ3n) is 4.48. The Morgan fingerprint density at radius 2 is 2.17 bits per heavy atom. The molecule has 1 saturated heterocycles. The first-order valence-corrected chi connectivity index (χ1v) is 8.17. The number of nitrogens with two attached hydrogens (primary N) is 1. The van der Waals surface area contributed by atoms with Crippen molar-refractivity contribution >= 4 is 5.91 Å². The maximum Gasteiger partial charge on any atom is 0.223 e. The molecule has 1 aromatic heterocycles. The van der Waals surface area contributed by atoms with Gasteiger partial charge in [-0.2, -0.15) is 0 Å². The summed E-state index contributed by atoms with van der Waals surface area (Å²) < 4.78 is 5.75. The largest absolute Gasteiger partial charge is 0.441 e. The molecule has 1 aliphatic rings. The molecule has 0 bridgehead atoms. The van der Waals surface area contributed by atoms with E-state index in [9.17, 15) is 4.79 Å². The van der Waals surface area contributed by atoms with Gasteiger partial charge in [0.25, 0.3) is 0 Å². The van der Waals surface area contributed by atoms with Crippen LogP contribution in [-0.2, 0) is 11.2 Å². The second-order valence-corrected chi connectivity index (χ2v) is 6.22. The molecule has 0 aliphatic carbocycles. The number of carbonyl (C=O) groups excluding carboxylic acids is 1. The number of hydrogen-bond donors (Lipinski definition) is 1. The summed E-state index contributed by atoms with van der Waals surface area (Å²) in [5, 5.41) is 0. The molecule has 1 aliphatic heterocycles. The van der Waals surface area contributed by atoms with Crippen molar-refractivity contribution in [3.05, 3.63) is 42.4 Å². The molecule has 2 atom stereocenters. The predicted molar refractivity (Wildman–Crippen MR) is 88.6 cm³/mol. The van der Waals surface area contributed by atoms with Crippen LogP contribution in [0.2, 0.25) is 0 Å². The van der Waals surface area contributed by atoms with Gasteiger partial charge in [-0.05, 0) is 25.8 Å². The second kappa shape index (κ2) is 6.96. The molecule has 1 aromatic carbocycles. The highest BCUT2D eigenvalue weighted by atomic mass is 16.4. The lowest BCUT2D eigenvalue weighted by molar-refractivity contribution is -0.131. The molecule has 122 valence electrons. The molecule has 2 N–H and O–H groups in total. The molecule has 5 nitrogen and oxygen atoms in total. The van der Waals surface area contributed by atoms with Crippen LogP contribution in [0.1, 0.15) is 25.7 Å². The highest BCUT2D eigenvalue weighted by Crippen LogP contribution is 2.24. The second-order valence-electron chi connectivity index (χ2n) is 6.22. The van der Waals surface area contributed by atoms with E-state index in [1.165, 1.54) is 0 Å². The summed E-state index contributed by atoms with van der Waals surface area (Å²) in [6.07, 6.45) is 3.68. The number of benzene rings is 1. The van der Waals surface area contributed by atoms with Crippen molar-refractivity contribution < 1.29 is 9.21 Å². The Bertz CT molecular complexity index is 653. The molecule has 1 amide bonds. The topological polar surface area (TPSA) is 72.4 Å². The fourth-order valence-electron chi connectivity index (χ4n) is 3.18. The number of amides is 1. The molecular formula is C18H23N3O2. The van der Waals surface area contributed by atoms with Crippen molar-refractivity contribution in [2.45, 2.75) is 32.2 Å². The van der Waals surface area contributed by atoms with Gasteiger partial charge in [-0.1, -0.05) is 30.3 Å². The van der Waals surface area contributed by atoms with Gasteiger partial charge < -0.3 is 15.1 Å². The van der Waals surface area contributed by atoms with Crippen molar-refractivity contribution in [3.8, 4) is 11.3 Å². The maximum atomic E-state index is 12.4. The van der Waals surface area contributed by atoms with Gasteiger partial charge in [-0.3, -0.25) is 4.79 Å². The van der Waals surface area contributed by atoms with Crippen LogP contribution in [0.15, 0.2) is 40.9 Å². The third-order valence-corrected chi connectivity index (χ3v) is 4.48. The molecule has 5 heteroatoms. The molecule has 0 saturated carbocycles. The lowest BCUT2D eigenvalue weighted by atomic mass is 10.1. The Morgan fingerprint density at radius 1 is 1.39 bits per heavy atom. The Kier molecular flexibility index (Phi) is 4.76. The fourth-order valence-corrected chi connectivity index (χ4v) is 3.18. The summed E-state index contributed by atoms with van der Waals surface area (Å²) in [6.45, 7) is 3.51. The highest BCUT2D eigenvalue weighted by molar-refractivity contribution is 5.77. The molecule has 0 spiro atoms. The normalized spacial score (nSPS) is 20.9. The number of hydrogen-bond acceptors (Lipinski definition) is 4. The highest BCUT2D eigenvalue weighted by Gasteiger charge is 2.31. The van der Waals surface area contributed by atoms with E-state index in [0.29, 0.717) is 31.2 Å². The zero-order valence-corrected chi connectivity index (χ0v) is 13.4. The zero-order chi connectivity index (χ0) is 16.2. The number of carbonyl (C=O) groups is 1. The van der Waals surface area contributed by atoms with E-state index >= 15 is 0 Å². The van der Waals surface area contributed by atoms with E-state index in [-0.39, 0.29) is 11.9 Å². The van der Waals surface area contributed by atoms with Gasteiger partial charge in [-0.25, -0.2) is 4.98 Å². The first-order chi connectivity index (χ1) is 11.2. The number of rotatable bonds is 5. The van der Waals surface area contributed by atoms with Crippen LogP contribution in [0.3, 0.4) is 0 Å². The van der Waals surface area contributed by atoms with E-state index in [2.05, 4.69) is 11.9 Å². The molecule has 23 heavy (non-hydrogen) atoms.